The third kappa shape index (κ3) is 4.58. The molecule has 0 amide bonds. The summed E-state index contributed by atoms with van der Waals surface area (Å²) in [7, 11) is 0. The highest BCUT2D eigenvalue weighted by molar-refractivity contribution is 5.91. The van der Waals surface area contributed by atoms with Gasteiger partial charge in [-0.15, -0.1) is 0 Å². The van der Waals surface area contributed by atoms with Crippen molar-refractivity contribution in [2.24, 2.45) is 0 Å². The summed E-state index contributed by atoms with van der Waals surface area (Å²) in [6, 6.07) is 19.3. The molecule has 0 saturated carbocycles. The molecule has 3 heteroatoms. The van der Waals surface area contributed by atoms with E-state index >= 15 is 0 Å². The van der Waals surface area contributed by atoms with Crippen LogP contribution in [0.2, 0.25) is 0 Å². The van der Waals surface area contributed by atoms with Crippen molar-refractivity contribution in [2.75, 3.05) is 5.73 Å². The van der Waals surface area contributed by atoms with E-state index in [1.165, 1.54) is 40.7 Å². The number of hydrogen-bond donors (Lipinski definition) is 1. The first-order chi connectivity index (χ1) is 16.1. The van der Waals surface area contributed by atoms with Gasteiger partial charge in [0.25, 0.3) is 0 Å². The molecule has 0 fully saturated rings. The lowest BCUT2D eigenvalue weighted by molar-refractivity contribution is 0.741. The predicted octanol–water partition coefficient (Wildman–Crippen LogP) is 7.71. The molecule has 2 aromatic heterocycles. The first kappa shape index (κ1) is 21.1. The molecule has 4 aromatic rings. The van der Waals surface area contributed by atoms with Crippen LogP contribution in [0, 0.1) is 6.92 Å². The smallest absolute Gasteiger partial charge is 0.131 e. The van der Waals surface area contributed by atoms with Gasteiger partial charge in [-0.05, 0) is 103 Å². The minimum atomic E-state index is 0.545. The van der Waals surface area contributed by atoms with Crippen molar-refractivity contribution < 1.29 is 0 Å². The zero-order valence-electron chi connectivity index (χ0n) is 19.3. The Labute approximate surface area is 195 Å². The summed E-state index contributed by atoms with van der Waals surface area (Å²) < 4.78 is 0. The molecule has 2 aromatic carbocycles. The first-order valence-corrected chi connectivity index (χ1v) is 11.7. The second-order valence-corrected chi connectivity index (χ2v) is 9.00. The number of nitrogens with zero attached hydrogens (tertiary/aromatic N) is 2. The lowest BCUT2D eigenvalue weighted by Crippen LogP contribution is -1.96. The Balaban J connectivity index is 1.50. The third-order valence-corrected chi connectivity index (χ3v) is 6.49. The van der Waals surface area contributed by atoms with Gasteiger partial charge < -0.3 is 5.73 Å². The molecule has 0 radical (unpaired) electrons. The van der Waals surface area contributed by atoms with Crippen LogP contribution in [0.15, 0.2) is 73.1 Å². The summed E-state index contributed by atoms with van der Waals surface area (Å²) in [5.41, 5.74) is 16.7. The van der Waals surface area contributed by atoms with E-state index in [2.05, 4.69) is 84.5 Å². The number of aromatic nitrogens is 2. The summed E-state index contributed by atoms with van der Waals surface area (Å²) in [6.07, 6.45) is 13.2. The number of anilines is 1. The summed E-state index contributed by atoms with van der Waals surface area (Å²) in [4.78, 5) is 9.19. The Bertz CT molecular complexity index is 1380. The number of aryl methyl sites for hydroxylation is 1. The number of rotatable bonds is 4. The molecule has 0 saturated heterocycles. The van der Waals surface area contributed by atoms with Gasteiger partial charge in [-0.3, -0.25) is 4.98 Å². The van der Waals surface area contributed by atoms with Crippen LogP contribution < -0.4 is 5.73 Å². The molecule has 5 rings (SSSR count). The van der Waals surface area contributed by atoms with E-state index in [0.29, 0.717) is 5.82 Å². The Morgan fingerprint density at radius 2 is 1.73 bits per heavy atom. The Morgan fingerprint density at radius 3 is 2.52 bits per heavy atom. The number of fused-ring (bicyclic) bond motifs is 1. The van der Waals surface area contributed by atoms with Crippen molar-refractivity contribution >= 4 is 33.9 Å². The summed E-state index contributed by atoms with van der Waals surface area (Å²) >= 11 is 0. The molecule has 1 aliphatic rings. The molecule has 0 aliphatic heterocycles. The second-order valence-electron chi connectivity index (χ2n) is 9.00. The predicted molar refractivity (Wildman–Crippen MR) is 141 cm³/mol. The average molecular weight is 432 g/mol. The van der Waals surface area contributed by atoms with E-state index in [1.54, 1.807) is 0 Å². The topological polar surface area (TPSA) is 51.8 Å². The van der Waals surface area contributed by atoms with Gasteiger partial charge in [-0.1, -0.05) is 42.0 Å². The van der Waals surface area contributed by atoms with Crippen molar-refractivity contribution in [3.05, 3.63) is 95.3 Å². The second kappa shape index (κ2) is 9.03. The molecular formula is C30H29N3. The number of hydrogen-bond acceptors (Lipinski definition) is 3. The monoisotopic (exact) mass is 431 g/mol. The van der Waals surface area contributed by atoms with Gasteiger partial charge in [0.1, 0.15) is 5.82 Å². The summed E-state index contributed by atoms with van der Waals surface area (Å²) in [5, 5.41) is 1.08. The maximum atomic E-state index is 6.35. The maximum Gasteiger partial charge on any atom is 0.131 e. The van der Waals surface area contributed by atoms with Gasteiger partial charge in [-0.2, -0.15) is 0 Å². The quantitative estimate of drug-likeness (QED) is 0.360. The van der Waals surface area contributed by atoms with E-state index in [0.717, 1.165) is 40.4 Å². The van der Waals surface area contributed by atoms with Gasteiger partial charge >= 0.3 is 0 Å². The molecule has 164 valence electrons. The van der Waals surface area contributed by atoms with E-state index in [1.807, 2.05) is 18.5 Å². The average Bonchev–Trinajstić information content (AvgIpc) is 2.85. The van der Waals surface area contributed by atoms with Crippen molar-refractivity contribution in [3.63, 3.8) is 0 Å². The number of pyridine rings is 2. The van der Waals surface area contributed by atoms with Crippen LogP contribution >= 0.6 is 0 Å². The zero-order valence-corrected chi connectivity index (χ0v) is 19.3. The molecule has 2 N–H and O–H groups in total. The highest BCUT2D eigenvalue weighted by Crippen LogP contribution is 2.30. The molecule has 0 atom stereocenters. The van der Waals surface area contributed by atoms with Crippen LogP contribution in [0.25, 0.3) is 39.3 Å². The van der Waals surface area contributed by atoms with Crippen LogP contribution in [0.3, 0.4) is 0 Å². The number of benzene rings is 2. The lowest BCUT2D eigenvalue weighted by Gasteiger charge is -2.13. The fourth-order valence-corrected chi connectivity index (χ4v) is 4.50. The van der Waals surface area contributed by atoms with Gasteiger partial charge in [0.2, 0.25) is 0 Å². The fourth-order valence-electron chi connectivity index (χ4n) is 4.50. The van der Waals surface area contributed by atoms with E-state index in [-0.39, 0.29) is 0 Å². The normalized spacial score (nSPS) is 14.4. The number of nitrogens with two attached hydrogens (primary N) is 1. The van der Waals surface area contributed by atoms with Crippen LogP contribution in [0.1, 0.15) is 54.9 Å². The van der Waals surface area contributed by atoms with Crippen molar-refractivity contribution in [3.8, 4) is 11.1 Å². The molecule has 1 aliphatic carbocycles. The van der Waals surface area contributed by atoms with Crippen LogP contribution in [0.5, 0.6) is 0 Å². The van der Waals surface area contributed by atoms with E-state index < -0.39 is 0 Å². The van der Waals surface area contributed by atoms with Crippen molar-refractivity contribution in [2.45, 2.75) is 39.5 Å². The standard InChI is InChI=1S/C30H29N3/c1-20-8-10-23(11-9-20)24-12-13-29-25(15-24)16-26(30(31)33-29)14-21(2)27-17-28(19-32-18-27)22-6-4-3-5-7-22/h6,8-19H,3-5,7H2,1-2H3,(H2,31,33). The maximum absolute atomic E-state index is 6.35. The highest BCUT2D eigenvalue weighted by Gasteiger charge is 2.09. The molecular weight excluding hydrogens is 402 g/mol. The van der Waals surface area contributed by atoms with E-state index in [9.17, 15) is 0 Å². The van der Waals surface area contributed by atoms with Crippen molar-refractivity contribution in [1.29, 1.82) is 0 Å². The van der Waals surface area contributed by atoms with Gasteiger partial charge in [-0.25, -0.2) is 4.98 Å². The molecule has 3 nitrogen and oxygen atoms in total. The van der Waals surface area contributed by atoms with Gasteiger partial charge in [0.05, 0.1) is 5.52 Å². The summed E-state index contributed by atoms with van der Waals surface area (Å²) in [5.74, 6) is 0.545. The Kier molecular flexibility index (Phi) is 5.78. The van der Waals surface area contributed by atoms with Crippen molar-refractivity contribution in [1.82, 2.24) is 9.97 Å². The fraction of sp³-hybridized carbons (Fsp3) is 0.200. The lowest BCUT2D eigenvalue weighted by atomic mass is 9.93. The Morgan fingerprint density at radius 1 is 0.909 bits per heavy atom. The van der Waals surface area contributed by atoms with Crippen LogP contribution in [0.4, 0.5) is 5.82 Å². The minimum Gasteiger partial charge on any atom is -0.383 e. The SMILES string of the molecule is CC(=Cc1cc2cc(-c3ccc(C)cc3)ccc2nc1N)c1cncc(C2=CCCCC2)c1. The van der Waals surface area contributed by atoms with Crippen LogP contribution in [-0.4, -0.2) is 9.97 Å². The molecule has 2 heterocycles. The minimum absolute atomic E-state index is 0.545. The molecule has 33 heavy (non-hydrogen) atoms. The highest BCUT2D eigenvalue weighted by atomic mass is 14.8. The zero-order chi connectivity index (χ0) is 22.8. The summed E-state index contributed by atoms with van der Waals surface area (Å²) in [6.45, 7) is 4.22. The van der Waals surface area contributed by atoms with E-state index in [4.69, 9.17) is 5.73 Å². The third-order valence-electron chi connectivity index (χ3n) is 6.49. The molecule has 0 unspecified atom stereocenters. The molecule has 0 bridgehead atoms. The van der Waals surface area contributed by atoms with Crippen LogP contribution in [-0.2, 0) is 0 Å². The number of nitrogen functional groups attached to an aromatic ring is 1. The Hall–Kier alpha value is -3.72. The number of allylic oxidation sites excluding steroid dienone is 3. The van der Waals surface area contributed by atoms with Gasteiger partial charge in [0, 0.05) is 23.3 Å². The largest absolute Gasteiger partial charge is 0.383 e. The first-order valence-electron chi connectivity index (χ1n) is 11.7. The van der Waals surface area contributed by atoms with Gasteiger partial charge in [0.15, 0.2) is 0 Å². The molecule has 0 spiro atoms.